The quantitative estimate of drug-likeness (QED) is 0.716. The molecule has 1 rings (SSSR count). The number of hydrogen-bond donors (Lipinski definition) is 0. The van der Waals surface area contributed by atoms with Gasteiger partial charge >= 0.3 is 0 Å². The van der Waals surface area contributed by atoms with E-state index < -0.39 is 0 Å². The van der Waals surface area contributed by atoms with Crippen molar-refractivity contribution in [2.75, 3.05) is 6.54 Å². The molecule has 0 spiro atoms. The Morgan fingerprint density at radius 3 is 2.16 bits per heavy atom. The van der Waals surface area contributed by atoms with Gasteiger partial charge in [-0.1, -0.05) is 44.5 Å². The van der Waals surface area contributed by atoms with Crippen LogP contribution in [0.15, 0.2) is 24.3 Å². The Balaban J connectivity index is 2.76. The lowest BCUT2D eigenvalue weighted by molar-refractivity contribution is 0.110. The maximum absolute atomic E-state index is 6.07. The van der Waals surface area contributed by atoms with Gasteiger partial charge in [0.1, 0.15) is 0 Å². The summed E-state index contributed by atoms with van der Waals surface area (Å²) >= 11 is 6.07. The summed E-state index contributed by atoms with van der Waals surface area (Å²) in [5.41, 5.74) is 1.84. The third-order valence-electron chi connectivity index (χ3n) is 3.34. The van der Waals surface area contributed by atoms with E-state index in [9.17, 15) is 0 Å². The molecule has 1 nitrogen and oxygen atoms in total. The highest BCUT2D eigenvalue weighted by atomic mass is 35.5. The predicted molar refractivity (Wildman–Crippen MR) is 85.7 cm³/mol. The van der Waals surface area contributed by atoms with Crippen molar-refractivity contribution in [2.45, 2.75) is 60.0 Å². The molecule has 0 aliphatic heterocycles. The van der Waals surface area contributed by atoms with Crippen LogP contribution in [-0.2, 0) is 6.54 Å². The number of hydrogen-bond acceptors (Lipinski definition) is 1. The Kier molecular flexibility index (Phi) is 5.46. The Hall–Kier alpha value is -0.530. The van der Waals surface area contributed by atoms with Crippen molar-refractivity contribution in [2.24, 2.45) is 5.41 Å². The second-order valence-corrected chi connectivity index (χ2v) is 7.97. The van der Waals surface area contributed by atoms with E-state index in [0.717, 1.165) is 18.1 Å². The standard InChI is InChI=1S/C17H28ClN/c1-16(2,3)10-11-19(17(4,5)6)13-14-8-7-9-15(18)12-14/h7-9,12H,10-11,13H2,1-6H3. The Bertz CT molecular complexity index is 398. The smallest absolute Gasteiger partial charge is 0.0409 e. The largest absolute Gasteiger partial charge is 0.294 e. The molecule has 0 aliphatic carbocycles. The van der Waals surface area contributed by atoms with Crippen LogP contribution in [0, 0.1) is 5.41 Å². The Morgan fingerprint density at radius 1 is 1.05 bits per heavy atom. The molecule has 0 aliphatic rings. The van der Waals surface area contributed by atoms with Crippen molar-refractivity contribution in [3.8, 4) is 0 Å². The first-order chi connectivity index (χ1) is 8.58. The van der Waals surface area contributed by atoms with Crippen LogP contribution in [0.25, 0.3) is 0 Å². The number of halogens is 1. The second kappa shape index (κ2) is 6.28. The molecule has 19 heavy (non-hydrogen) atoms. The molecule has 0 heterocycles. The molecule has 0 bridgehead atoms. The maximum Gasteiger partial charge on any atom is 0.0409 e. The van der Waals surface area contributed by atoms with E-state index in [1.165, 1.54) is 12.0 Å². The van der Waals surface area contributed by atoms with Gasteiger partial charge in [0.05, 0.1) is 0 Å². The van der Waals surface area contributed by atoms with Gasteiger partial charge in [-0.15, -0.1) is 0 Å². The SMILES string of the molecule is CC(C)(C)CCN(Cc1cccc(Cl)c1)C(C)(C)C. The van der Waals surface area contributed by atoms with Gasteiger partial charge in [0.15, 0.2) is 0 Å². The minimum atomic E-state index is 0.174. The average Bonchev–Trinajstić information content (AvgIpc) is 2.21. The van der Waals surface area contributed by atoms with E-state index in [-0.39, 0.29) is 5.54 Å². The van der Waals surface area contributed by atoms with Gasteiger partial charge in [-0.2, -0.15) is 0 Å². The van der Waals surface area contributed by atoms with Crippen molar-refractivity contribution in [1.29, 1.82) is 0 Å². The monoisotopic (exact) mass is 281 g/mol. The lowest BCUT2D eigenvalue weighted by atomic mass is 9.91. The maximum atomic E-state index is 6.07. The topological polar surface area (TPSA) is 3.24 Å². The molecule has 108 valence electrons. The molecule has 0 radical (unpaired) electrons. The van der Waals surface area contributed by atoms with Crippen LogP contribution < -0.4 is 0 Å². The summed E-state index contributed by atoms with van der Waals surface area (Å²) in [6, 6.07) is 8.18. The van der Waals surface area contributed by atoms with Gasteiger partial charge in [0.2, 0.25) is 0 Å². The van der Waals surface area contributed by atoms with Crippen molar-refractivity contribution < 1.29 is 0 Å². The van der Waals surface area contributed by atoms with E-state index >= 15 is 0 Å². The molecule has 1 aromatic carbocycles. The first-order valence-corrected chi connectivity index (χ1v) is 7.45. The van der Waals surface area contributed by atoms with E-state index in [4.69, 9.17) is 11.6 Å². The van der Waals surface area contributed by atoms with Gasteiger partial charge in [-0.25, -0.2) is 0 Å². The molecule has 0 N–H and O–H groups in total. The summed E-state index contributed by atoms with van der Waals surface area (Å²) in [5.74, 6) is 0. The molecule has 0 fully saturated rings. The van der Waals surface area contributed by atoms with E-state index in [1.807, 2.05) is 12.1 Å². The molecule has 0 aromatic heterocycles. The van der Waals surface area contributed by atoms with E-state index in [1.54, 1.807) is 0 Å². The first kappa shape index (κ1) is 16.5. The van der Waals surface area contributed by atoms with Crippen LogP contribution in [0.3, 0.4) is 0 Å². The zero-order valence-electron chi connectivity index (χ0n) is 13.3. The third kappa shape index (κ3) is 6.44. The highest BCUT2D eigenvalue weighted by Crippen LogP contribution is 2.24. The number of nitrogens with zero attached hydrogens (tertiary/aromatic N) is 1. The van der Waals surface area contributed by atoms with Crippen molar-refractivity contribution in [3.63, 3.8) is 0 Å². The average molecular weight is 282 g/mol. The summed E-state index contributed by atoms with van der Waals surface area (Å²) in [6.45, 7) is 15.8. The van der Waals surface area contributed by atoms with Gasteiger partial charge in [0, 0.05) is 17.1 Å². The Morgan fingerprint density at radius 2 is 1.68 bits per heavy atom. The summed E-state index contributed by atoms with van der Waals surface area (Å²) in [5, 5.41) is 0.821. The Labute approximate surface area is 124 Å². The molecule has 0 saturated carbocycles. The van der Waals surface area contributed by atoms with Crippen molar-refractivity contribution in [1.82, 2.24) is 4.90 Å². The molecule has 0 saturated heterocycles. The van der Waals surface area contributed by atoms with E-state index in [0.29, 0.717) is 5.41 Å². The van der Waals surface area contributed by atoms with Crippen molar-refractivity contribution >= 4 is 11.6 Å². The van der Waals surface area contributed by atoms with Crippen LogP contribution in [0.1, 0.15) is 53.5 Å². The van der Waals surface area contributed by atoms with Crippen molar-refractivity contribution in [3.05, 3.63) is 34.9 Å². The molecular weight excluding hydrogens is 254 g/mol. The molecule has 0 atom stereocenters. The predicted octanol–water partition coefficient (Wildman–Crippen LogP) is 5.38. The normalized spacial score (nSPS) is 13.1. The first-order valence-electron chi connectivity index (χ1n) is 7.07. The summed E-state index contributed by atoms with van der Waals surface area (Å²) in [4.78, 5) is 2.53. The molecule has 1 aromatic rings. The molecule has 0 amide bonds. The highest BCUT2D eigenvalue weighted by molar-refractivity contribution is 6.30. The van der Waals surface area contributed by atoms with Gasteiger partial charge < -0.3 is 0 Å². The highest BCUT2D eigenvalue weighted by Gasteiger charge is 2.23. The zero-order valence-corrected chi connectivity index (χ0v) is 14.0. The van der Waals surface area contributed by atoms with Gasteiger partial charge in [-0.3, -0.25) is 4.90 Å². The fraction of sp³-hybridized carbons (Fsp3) is 0.647. The van der Waals surface area contributed by atoms with Crippen LogP contribution in [-0.4, -0.2) is 17.0 Å². The third-order valence-corrected chi connectivity index (χ3v) is 3.58. The van der Waals surface area contributed by atoms with Crippen LogP contribution in [0.5, 0.6) is 0 Å². The van der Waals surface area contributed by atoms with Crippen LogP contribution in [0.4, 0.5) is 0 Å². The van der Waals surface area contributed by atoms with E-state index in [2.05, 4.69) is 58.6 Å². The van der Waals surface area contributed by atoms with Crippen LogP contribution >= 0.6 is 11.6 Å². The minimum Gasteiger partial charge on any atom is -0.294 e. The van der Waals surface area contributed by atoms with Gasteiger partial charge in [-0.05, 0) is 56.8 Å². The van der Waals surface area contributed by atoms with Gasteiger partial charge in [0.25, 0.3) is 0 Å². The fourth-order valence-electron chi connectivity index (χ4n) is 1.98. The molecule has 2 heteroatoms. The van der Waals surface area contributed by atoms with Crippen LogP contribution in [0.2, 0.25) is 5.02 Å². The molecular formula is C17H28ClN. The lowest BCUT2D eigenvalue weighted by Crippen LogP contribution is -2.42. The number of rotatable bonds is 4. The zero-order chi connectivity index (χ0) is 14.7. The summed E-state index contributed by atoms with van der Waals surface area (Å²) < 4.78 is 0. The summed E-state index contributed by atoms with van der Waals surface area (Å²) in [6.07, 6.45) is 1.20. The second-order valence-electron chi connectivity index (χ2n) is 7.53. The minimum absolute atomic E-state index is 0.174. The number of benzene rings is 1. The lowest BCUT2D eigenvalue weighted by Gasteiger charge is -2.37. The summed E-state index contributed by atoms with van der Waals surface area (Å²) in [7, 11) is 0. The molecule has 0 unspecified atom stereocenters. The fourth-order valence-corrected chi connectivity index (χ4v) is 2.19.